The van der Waals surface area contributed by atoms with Crippen LogP contribution in [0.3, 0.4) is 0 Å². The van der Waals surface area contributed by atoms with Crippen LogP contribution < -0.4 is 4.72 Å². The van der Waals surface area contributed by atoms with Crippen LogP contribution in [-0.4, -0.2) is 56.3 Å². The number of sulfonamides is 1. The van der Waals surface area contributed by atoms with Gasteiger partial charge in [-0.1, -0.05) is 18.2 Å². The summed E-state index contributed by atoms with van der Waals surface area (Å²) in [6, 6.07) is 15.6. The number of benzene rings is 2. The molecule has 0 bridgehead atoms. The van der Waals surface area contributed by atoms with Gasteiger partial charge in [0.25, 0.3) is 15.9 Å². The first-order valence-electron chi connectivity index (χ1n) is 9.97. The molecule has 1 amide bonds. The quantitative estimate of drug-likeness (QED) is 0.785. The van der Waals surface area contributed by atoms with Crippen LogP contribution in [0.5, 0.6) is 0 Å². The number of hydrogen-bond acceptors (Lipinski definition) is 4. The summed E-state index contributed by atoms with van der Waals surface area (Å²) in [5.41, 5.74) is 0.998. The molecule has 0 saturated carbocycles. The first-order chi connectivity index (χ1) is 13.8. The predicted octanol–water partition coefficient (Wildman–Crippen LogP) is 3.43. The molecule has 0 aliphatic carbocycles. The van der Waals surface area contributed by atoms with Crippen LogP contribution in [0, 0.1) is 0 Å². The molecule has 0 atom stereocenters. The van der Waals surface area contributed by atoms with Crippen molar-refractivity contribution in [3.8, 4) is 0 Å². The Balaban J connectivity index is 1.65. The van der Waals surface area contributed by atoms with E-state index in [9.17, 15) is 13.2 Å². The molecule has 2 aromatic rings. The van der Waals surface area contributed by atoms with E-state index in [1.54, 1.807) is 41.3 Å². The van der Waals surface area contributed by atoms with Crippen molar-refractivity contribution < 1.29 is 13.2 Å². The van der Waals surface area contributed by atoms with Gasteiger partial charge in [-0.25, -0.2) is 8.42 Å². The zero-order valence-electron chi connectivity index (χ0n) is 17.2. The van der Waals surface area contributed by atoms with Crippen molar-refractivity contribution in [3.63, 3.8) is 0 Å². The van der Waals surface area contributed by atoms with Crippen molar-refractivity contribution in [2.45, 2.75) is 43.7 Å². The fraction of sp³-hybridized carbons (Fsp3) is 0.409. The number of para-hydroxylation sites is 1. The van der Waals surface area contributed by atoms with Crippen LogP contribution in [0.4, 0.5) is 5.69 Å². The maximum atomic E-state index is 12.9. The Morgan fingerprint density at radius 1 is 1.03 bits per heavy atom. The molecular weight excluding hydrogens is 386 g/mol. The van der Waals surface area contributed by atoms with E-state index >= 15 is 0 Å². The van der Waals surface area contributed by atoms with Crippen molar-refractivity contribution in [2.24, 2.45) is 0 Å². The SMILES string of the molecule is CC(C)N1CCC(N(C)C(=O)c2ccc(S(=O)(=O)Nc3ccccc3)cc2)CC1. The summed E-state index contributed by atoms with van der Waals surface area (Å²) in [7, 11) is -1.86. The Labute approximate surface area is 173 Å². The molecule has 1 saturated heterocycles. The highest BCUT2D eigenvalue weighted by molar-refractivity contribution is 7.92. The predicted molar refractivity (Wildman–Crippen MR) is 116 cm³/mol. The average Bonchev–Trinajstić information content (AvgIpc) is 2.73. The molecule has 0 spiro atoms. The van der Waals surface area contributed by atoms with Gasteiger partial charge in [0, 0.05) is 43.5 Å². The normalized spacial score (nSPS) is 16.0. The maximum Gasteiger partial charge on any atom is 0.261 e. The standard InChI is InChI=1S/C22H29N3O3S/c1-17(2)25-15-13-20(14-16-25)24(3)22(26)18-9-11-21(12-10-18)29(27,28)23-19-7-5-4-6-8-19/h4-12,17,20,23H,13-16H2,1-3H3. The Bertz CT molecular complexity index is 920. The van der Waals surface area contributed by atoms with Gasteiger partial charge in [-0.05, 0) is 63.1 Å². The van der Waals surface area contributed by atoms with Gasteiger partial charge in [-0.3, -0.25) is 9.52 Å². The number of amides is 1. The van der Waals surface area contributed by atoms with Gasteiger partial charge in [0.2, 0.25) is 0 Å². The van der Waals surface area contributed by atoms with E-state index in [-0.39, 0.29) is 16.8 Å². The van der Waals surface area contributed by atoms with Crippen molar-refractivity contribution in [2.75, 3.05) is 24.9 Å². The lowest BCUT2D eigenvalue weighted by atomic mass is 10.0. The summed E-state index contributed by atoms with van der Waals surface area (Å²) < 4.78 is 27.6. The topological polar surface area (TPSA) is 69.7 Å². The highest BCUT2D eigenvalue weighted by Gasteiger charge is 2.27. The van der Waals surface area contributed by atoms with E-state index in [0.717, 1.165) is 25.9 Å². The molecular formula is C22H29N3O3S. The van der Waals surface area contributed by atoms with Gasteiger partial charge >= 0.3 is 0 Å². The number of carbonyl (C=O) groups is 1. The number of rotatable bonds is 6. The monoisotopic (exact) mass is 415 g/mol. The lowest BCUT2D eigenvalue weighted by Crippen LogP contribution is -2.47. The summed E-state index contributed by atoms with van der Waals surface area (Å²) >= 11 is 0. The zero-order valence-corrected chi connectivity index (χ0v) is 18.0. The second-order valence-corrected chi connectivity index (χ2v) is 9.46. The van der Waals surface area contributed by atoms with E-state index in [1.165, 1.54) is 12.1 Å². The lowest BCUT2D eigenvalue weighted by molar-refractivity contribution is 0.0615. The summed E-state index contributed by atoms with van der Waals surface area (Å²) in [6.45, 7) is 6.36. The minimum atomic E-state index is -3.69. The van der Waals surface area contributed by atoms with E-state index in [1.807, 2.05) is 13.1 Å². The van der Waals surface area contributed by atoms with Gasteiger partial charge in [0.05, 0.1) is 4.90 Å². The van der Waals surface area contributed by atoms with Crippen LogP contribution in [-0.2, 0) is 10.0 Å². The summed E-state index contributed by atoms with van der Waals surface area (Å²) in [5.74, 6) is -0.0760. The summed E-state index contributed by atoms with van der Waals surface area (Å²) in [5, 5.41) is 0. The smallest absolute Gasteiger partial charge is 0.261 e. The third kappa shape index (κ3) is 5.16. The first kappa shape index (κ1) is 21.3. The number of likely N-dealkylation sites (tertiary alicyclic amines) is 1. The molecule has 7 heteroatoms. The number of nitrogens with one attached hydrogen (secondary N) is 1. The highest BCUT2D eigenvalue weighted by atomic mass is 32.2. The zero-order chi connectivity index (χ0) is 21.0. The van der Waals surface area contributed by atoms with Gasteiger partial charge in [0.15, 0.2) is 0 Å². The van der Waals surface area contributed by atoms with Crippen molar-refractivity contribution in [3.05, 3.63) is 60.2 Å². The highest BCUT2D eigenvalue weighted by Crippen LogP contribution is 2.21. The number of nitrogens with zero attached hydrogens (tertiary/aromatic N) is 2. The molecule has 2 aromatic carbocycles. The van der Waals surface area contributed by atoms with Crippen LogP contribution in [0.15, 0.2) is 59.5 Å². The average molecular weight is 416 g/mol. The van der Waals surface area contributed by atoms with Gasteiger partial charge in [-0.2, -0.15) is 0 Å². The van der Waals surface area contributed by atoms with E-state index in [4.69, 9.17) is 0 Å². The summed E-state index contributed by atoms with van der Waals surface area (Å²) in [4.78, 5) is 17.2. The summed E-state index contributed by atoms with van der Waals surface area (Å²) in [6.07, 6.45) is 1.90. The molecule has 0 aromatic heterocycles. The molecule has 1 heterocycles. The molecule has 0 radical (unpaired) electrons. The third-order valence-corrected chi connectivity index (χ3v) is 6.93. The van der Waals surface area contributed by atoms with Crippen LogP contribution in [0.1, 0.15) is 37.0 Å². The molecule has 1 aliphatic rings. The molecule has 29 heavy (non-hydrogen) atoms. The Morgan fingerprint density at radius 2 is 1.62 bits per heavy atom. The lowest BCUT2D eigenvalue weighted by Gasteiger charge is -2.38. The second kappa shape index (κ2) is 8.97. The molecule has 1 N–H and O–H groups in total. The van der Waals surface area contributed by atoms with Crippen molar-refractivity contribution in [1.82, 2.24) is 9.80 Å². The molecule has 0 unspecified atom stereocenters. The van der Waals surface area contributed by atoms with E-state index < -0.39 is 10.0 Å². The molecule has 156 valence electrons. The first-order valence-corrected chi connectivity index (χ1v) is 11.5. The van der Waals surface area contributed by atoms with Gasteiger partial charge < -0.3 is 9.80 Å². The molecule has 1 aliphatic heterocycles. The molecule has 3 rings (SSSR count). The van der Waals surface area contributed by atoms with Crippen LogP contribution in [0.25, 0.3) is 0 Å². The fourth-order valence-corrected chi connectivity index (χ4v) is 4.71. The minimum absolute atomic E-state index is 0.0760. The Hall–Kier alpha value is -2.38. The number of carbonyl (C=O) groups excluding carboxylic acids is 1. The number of hydrogen-bond donors (Lipinski definition) is 1. The van der Waals surface area contributed by atoms with Crippen LogP contribution >= 0.6 is 0 Å². The fourth-order valence-electron chi connectivity index (χ4n) is 3.66. The van der Waals surface area contributed by atoms with Crippen LogP contribution in [0.2, 0.25) is 0 Å². The van der Waals surface area contributed by atoms with Gasteiger partial charge in [0.1, 0.15) is 0 Å². The van der Waals surface area contributed by atoms with Crippen molar-refractivity contribution >= 4 is 21.6 Å². The Morgan fingerprint density at radius 3 is 2.17 bits per heavy atom. The number of piperidine rings is 1. The third-order valence-electron chi connectivity index (χ3n) is 5.54. The molecule has 6 nitrogen and oxygen atoms in total. The van der Waals surface area contributed by atoms with Crippen molar-refractivity contribution in [1.29, 1.82) is 0 Å². The number of anilines is 1. The van der Waals surface area contributed by atoms with Gasteiger partial charge in [-0.15, -0.1) is 0 Å². The van der Waals surface area contributed by atoms with E-state index in [0.29, 0.717) is 17.3 Å². The molecule has 1 fully saturated rings. The Kier molecular flexibility index (Phi) is 6.59. The van der Waals surface area contributed by atoms with E-state index in [2.05, 4.69) is 23.5 Å². The largest absolute Gasteiger partial charge is 0.339 e. The minimum Gasteiger partial charge on any atom is -0.339 e. The second-order valence-electron chi connectivity index (χ2n) is 7.77. The maximum absolute atomic E-state index is 12.9.